The van der Waals surface area contributed by atoms with Crippen LogP contribution in [0.2, 0.25) is 0 Å². The average molecular weight is 417 g/mol. The lowest BCUT2D eigenvalue weighted by Crippen LogP contribution is -2.36. The highest BCUT2D eigenvalue weighted by atomic mass is 16.5. The zero-order valence-electron chi connectivity index (χ0n) is 17.7. The third-order valence-electron chi connectivity index (χ3n) is 4.90. The van der Waals surface area contributed by atoms with Crippen LogP contribution in [0.3, 0.4) is 0 Å². The highest BCUT2D eigenvalue weighted by Crippen LogP contribution is 2.18. The number of rotatable bonds is 10. The van der Waals surface area contributed by atoms with Gasteiger partial charge in [0.2, 0.25) is 0 Å². The molecule has 160 valence electrons. The van der Waals surface area contributed by atoms with Gasteiger partial charge in [0.1, 0.15) is 5.75 Å². The minimum absolute atomic E-state index is 0.0284. The minimum Gasteiger partial charge on any atom is -0.483 e. The van der Waals surface area contributed by atoms with E-state index in [0.29, 0.717) is 17.9 Å². The van der Waals surface area contributed by atoms with Crippen LogP contribution in [0, 0.1) is 0 Å². The third-order valence-corrected chi connectivity index (χ3v) is 4.90. The number of carbonyl (C=O) groups excluding carboxylic acids is 2. The molecule has 1 atom stereocenters. The standard InChI is InChI=1S/C26H28N2O3/c1-20(16-17-21-10-4-2-5-11-21)28-25(29)19-31-24-15-9-8-14-23(24)26(30)27-18-22-12-6-3-7-13-22/h2-15,20H,16-19H2,1H3,(H,27,30)(H,28,29). The average Bonchev–Trinajstić information content (AvgIpc) is 2.81. The quantitative estimate of drug-likeness (QED) is 0.522. The van der Waals surface area contributed by atoms with Gasteiger partial charge in [0.05, 0.1) is 5.56 Å². The van der Waals surface area contributed by atoms with Crippen molar-refractivity contribution in [3.05, 3.63) is 102 Å². The first kappa shape index (κ1) is 22.1. The highest BCUT2D eigenvalue weighted by Gasteiger charge is 2.14. The smallest absolute Gasteiger partial charge is 0.258 e. The summed E-state index contributed by atoms with van der Waals surface area (Å²) in [6.45, 7) is 2.26. The Kier molecular flexibility index (Phi) is 8.23. The number of ether oxygens (including phenoxy) is 1. The highest BCUT2D eigenvalue weighted by molar-refractivity contribution is 5.97. The number of hydrogen-bond donors (Lipinski definition) is 2. The lowest BCUT2D eigenvalue weighted by molar-refractivity contribution is -0.123. The fraction of sp³-hybridized carbons (Fsp3) is 0.231. The second-order valence-corrected chi connectivity index (χ2v) is 7.45. The molecule has 0 aromatic heterocycles. The van der Waals surface area contributed by atoms with Crippen LogP contribution in [-0.4, -0.2) is 24.5 Å². The molecule has 31 heavy (non-hydrogen) atoms. The van der Waals surface area contributed by atoms with Crippen molar-refractivity contribution in [1.82, 2.24) is 10.6 Å². The second-order valence-electron chi connectivity index (χ2n) is 7.45. The number of nitrogens with one attached hydrogen (secondary N) is 2. The lowest BCUT2D eigenvalue weighted by Gasteiger charge is -2.15. The Hall–Kier alpha value is -3.60. The predicted molar refractivity (Wildman–Crippen MR) is 122 cm³/mol. The van der Waals surface area contributed by atoms with E-state index in [1.807, 2.05) is 55.5 Å². The number of amides is 2. The zero-order chi connectivity index (χ0) is 21.9. The maximum absolute atomic E-state index is 12.6. The Balaban J connectivity index is 1.47. The van der Waals surface area contributed by atoms with Crippen LogP contribution in [0.25, 0.3) is 0 Å². The fourth-order valence-electron chi connectivity index (χ4n) is 3.21. The van der Waals surface area contributed by atoms with Gasteiger partial charge in [0.15, 0.2) is 6.61 Å². The SMILES string of the molecule is CC(CCc1ccccc1)NC(=O)COc1ccccc1C(=O)NCc1ccccc1. The number of carbonyl (C=O) groups is 2. The maximum Gasteiger partial charge on any atom is 0.258 e. The van der Waals surface area contributed by atoms with Crippen molar-refractivity contribution >= 4 is 11.8 Å². The summed E-state index contributed by atoms with van der Waals surface area (Å²) in [6.07, 6.45) is 1.74. The number of para-hydroxylation sites is 1. The summed E-state index contributed by atoms with van der Waals surface area (Å²) in [5, 5.41) is 5.84. The molecule has 5 nitrogen and oxygen atoms in total. The van der Waals surface area contributed by atoms with Crippen molar-refractivity contribution in [2.24, 2.45) is 0 Å². The van der Waals surface area contributed by atoms with Gasteiger partial charge in [-0.05, 0) is 43.0 Å². The van der Waals surface area contributed by atoms with Gasteiger partial charge in [-0.15, -0.1) is 0 Å². The predicted octanol–water partition coefficient (Wildman–Crippen LogP) is 4.13. The van der Waals surface area contributed by atoms with Gasteiger partial charge in [-0.2, -0.15) is 0 Å². The van der Waals surface area contributed by atoms with E-state index >= 15 is 0 Å². The monoisotopic (exact) mass is 416 g/mol. The second kappa shape index (κ2) is 11.6. The summed E-state index contributed by atoms with van der Waals surface area (Å²) in [4.78, 5) is 24.9. The molecule has 0 spiro atoms. The molecule has 0 saturated carbocycles. The van der Waals surface area contributed by atoms with Crippen LogP contribution < -0.4 is 15.4 Å². The molecule has 5 heteroatoms. The summed E-state index contributed by atoms with van der Waals surface area (Å²) >= 11 is 0. The molecule has 0 aliphatic rings. The molecule has 3 rings (SSSR count). The van der Waals surface area contributed by atoms with Crippen molar-refractivity contribution in [3.63, 3.8) is 0 Å². The summed E-state index contributed by atoms with van der Waals surface area (Å²) in [5.41, 5.74) is 2.66. The molecule has 3 aromatic carbocycles. The molecule has 1 unspecified atom stereocenters. The van der Waals surface area contributed by atoms with Crippen molar-refractivity contribution in [1.29, 1.82) is 0 Å². The van der Waals surface area contributed by atoms with Gasteiger partial charge < -0.3 is 15.4 Å². The van der Waals surface area contributed by atoms with Gasteiger partial charge in [-0.1, -0.05) is 72.8 Å². The zero-order valence-corrected chi connectivity index (χ0v) is 17.7. The van der Waals surface area contributed by atoms with E-state index in [2.05, 4.69) is 22.8 Å². The van der Waals surface area contributed by atoms with Crippen molar-refractivity contribution < 1.29 is 14.3 Å². The Morgan fingerprint density at radius 3 is 2.16 bits per heavy atom. The first-order valence-corrected chi connectivity index (χ1v) is 10.5. The van der Waals surface area contributed by atoms with E-state index < -0.39 is 0 Å². The van der Waals surface area contributed by atoms with Crippen LogP contribution in [0.15, 0.2) is 84.9 Å². The molecule has 0 radical (unpaired) electrons. The van der Waals surface area contributed by atoms with Crippen molar-refractivity contribution in [2.45, 2.75) is 32.4 Å². The molecule has 0 saturated heterocycles. The Labute approximate surface area is 183 Å². The van der Waals surface area contributed by atoms with E-state index in [1.165, 1.54) is 5.56 Å². The minimum atomic E-state index is -0.240. The number of aryl methyl sites for hydroxylation is 1. The molecule has 0 aliphatic carbocycles. The maximum atomic E-state index is 12.6. The molecular formula is C26H28N2O3. The topological polar surface area (TPSA) is 67.4 Å². The molecule has 2 N–H and O–H groups in total. The Bertz CT molecular complexity index is 974. The first-order chi connectivity index (χ1) is 15.1. The molecule has 0 fully saturated rings. The van der Waals surface area contributed by atoms with E-state index in [0.717, 1.165) is 18.4 Å². The van der Waals surface area contributed by atoms with Gasteiger partial charge in [-0.3, -0.25) is 9.59 Å². The van der Waals surface area contributed by atoms with Crippen LogP contribution in [-0.2, 0) is 17.8 Å². The molecule has 0 aliphatic heterocycles. The van der Waals surface area contributed by atoms with Gasteiger partial charge in [0, 0.05) is 12.6 Å². The van der Waals surface area contributed by atoms with Crippen LogP contribution in [0.5, 0.6) is 5.75 Å². The largest absolute Gasteiger partial charge is 0.483 e. The van der Waals surface area contributed by atoms with Crippen LogP contribution in [0.4, 0.5) is 0 Å². The summed E-state index contributed by atoms with van der Waals surface area (Å²) < 4.78 is 5.66. The normalized spacial score (nSPS) is 11.4. The molecular weight excluding hydrogens is 388 g/mol. The summed E-state index contributed by atoms with van der Waals surface area (Å²) in [7, 11) is 0. The number of hydrogen-bond acceptors (Lipinski definition) is 3. The van der Waals surface area contributed by atoms with Crippen LogP contribution >= 0.6 is 0 Å². The van der Waals surface area contributed by atoms with E-state index in [-0.39, 0.29) is 24.5 Å². The van der Waals surface area contributed by atoms with E-state index in [1.54, 1.807) is 24.3 Å². The van der Waals surface area contributed by atoms with Crippen LogP contribution in [0.1, 0.15) is 34.8 Å². The van der Waals surface area contributed by atoms with E-state index in [9.17, 15) is 9.59 Å². The Morgan fingerprint density at radius 1 is 0.839 bits per heavy atom. The molecule has 0 heterocycles. The van der Waals surface area contributed by atoms with Crippen molar-refractivity contribution in [3.8, 4) is 5.75 Å². The number of benzene rings is 3. The first-order valence-electron chi connectivity index (χ1n) is 10.5. The Morgan fingerprint density at radius 2 is 1.45 bits per heavy atom. The van der Waals surface area contributed by atoms with Gasteiger partial charge in [0.25, 0.3) is 11.8 Å². The van der Waals surface area contributed by atoms with E-state index in [4.69, 9.17) is 4.74 Å². The van der Waals surface area contributed by atoms with Gasteiger partial charge in [-0.25, -0.2) is 0 Å². The lowest BCUT2D eigenvalue weighted by atomic mass is 10.1. The fourth-order valence-corrected chi connectivity index (χ4v) is 3.21. The molecule has 0 bridgehead atoms. The summed E-state index contributed by atoms with van der Waals surface area (Å²) in [5.74, 6) is -0.0590. The molecule has 2 amide bonds. The molecule has 3 aromatic rings. The van der Waals surface area contributed by atoms with Crippen molar-refractivity contribution in [2.75, 3.05) is 6.61 Å². The third kappa shape index (κ3) is 7.30. The van der Waals surface area contributed by atoms with Gasteiger partial charge >= 0.3 is 0 Å². The summed E-state index contributed by atoms with van der Waals surface area (Å²) in [6, 6.07) is 26.8.